The van der Waals surface area contributed by atoms with Crippen molar-refractivity contribution in [3.63, 3.8) is 0 Å². The van der Waals surface area contributed by atoms with Crippen LogP contribution in [-0.4, -0.2) is 47.4 Å². The number of rotatable bonds is 70. The second-order valence-electron chi connectivity index (χ2n) is 25.6. The lowest BCUT2D eigenvalue weighted by Crippen LogP contribution is -2.45. The van der Waals surface area contributed by atoms with Crippen molar-refractivity contribution in [1.29, 1.82) is 0 Å². The van der Waals surface area contributed by atoms with Gasteiger partial charge in [-0.1, -0.05) is 373 Å². The smallest absolute Gasteiger partial charge is 0.305 e. The first kappa shape index (κ1) is 78.6. The van der Waals surface area contributed by atoms with Crippen LogP contribution in [-0.2, 0) is 14.3 Å². The Balaban J connectivity index is 3.27. The molecule has 6 heteroatoms. The van der Waals surface area contributed by atoms with Crippen LogP contribution in [0.1, 0.15) is 425 Å². The number of carbonyl (C=O) groups excluding carboxylic acids is 2. The van der Waals surface area contributed by atoms with E-state index >= 15 is 0 Å². The molecule has 0 spiro atoms. The van der Waals surface area contributed by atoms with Crippen LogP contribution in [0, 0.1) is 0 Å². The number of aliphatic hydroxyl groups is 2. The van der Waals surface area contributed by atoms with Crippen molar-refractivity contribution in [2.24, 2.45) is 0 Å². The lowest BCUT2D eigenvalue weighted by atomic mass is 10.0. The zero-order chi connectivity index (χ0) is 57.8. The van der Waals surface area contributed by atoms with Crippen molar-refractivity contribution in [1.82, 2.24) is 5.32 Å². The molecule has 0 aromatic carbocycles. The lowest BCUT2D eigenvalue weighted by molar-refractivity contribution is -0.143. The third kappa shape index (κ3) is 65.7. The molecular formula is C74H145NO5. The van der Waals surface area contributed by atoms with E-state index in [0.717, 1.165) is 44.9 Å². The fraction of sp³-hybridized carbons (Fsp3) is 0.946. The van der Waals surface area contributed by atoms with Gasteiger partial charge in [0.15, 0.2) is 0 Å². The number of allylic oxidation sites excluding steroid dienone is 2. The second kappa shape index (κ2) is 70.1. The molecule has 0 rings (SSSR count). The van der Waals surface area contributed by atoms with Gasteiger partial charge in [0.25, 0.3) is 0 Å². The summed E-state index contributed by atoms with van der Waals surface area (Å²) in [6, 6.07) is -0.535. The van der Waals surface area contributed by atoms with E-state index in [1.165, 1.54) is 347 Å². The number of hydrogen-bond acceptors (Lipinski definition) is 5. The predicted octanol–water partition coefficient (Wildman–Crippen LogP) is 23.9. The number of nitrogens with one attached hydrogen (secondary N) is 1. The van der Waals surface area contributed by atoms with Crippen molar-refractivity contribution < 1.29 is 24.5 Å². The largest absolute Gasteiger partial charge is 0.466 e. The highest BCUT2D eigenvalue weighted by Crippen LogP contribution is 2.20. The minimum atomic E-state index is -0.658. The number of unbranched alkanes of at least 4 members (excludes halogenated alkanes) is 57. The Morgan fingerprint density at radius 2 is 0.588 bits per heavy atom. The summed E-state index contributed by atoms with van der Waals surface area (Å²) in [5.41, 5.74) is 0. The van der Waals surface area contributed by atoms with Crippen LogP contribution in [0.25, 0.3) is 0 Å². The fourth-order valence-corrected chi connectivity index (χ4v) is 11.9. The number of carbonyl (C=O) groups is 2. The van der Waals surface area contributed by atoms with Gasteiger partial charge >= 0.3 is 5.97 Å². The highest BCUT2D eigenvalue weighted by molar-refractivity contribution is 5.76. The summed E-state index contributed by atoms with van der Waals surface area (Å²) in [6.07, 6.45) is 87.3. The van der Waals surface area contributed by atoms with Crippen LogP contribution in [0.15, 0.2) is 12.2 Å². The summed E-state index contributed by atoms with van der Waals surface area (Å²) in [6.45, 7) is 4.97. The first-order valence-electron chi connectivity index (χ1n) is 36.9. The maximum Gasteiger partial charge on any atom is 0.305 e. The van der Waals surface area contributed by atoms with Gasteiger partial charge in [0.05, 0.1) is 25.4 Å². The van der Waals surface area contributed by atoms with E-state index in [2.05, 4.69) is 31.3 Å². The van der Waals surface area contributed by atoms with Crippen LogP contribution in [0.2, 0.25) is 0 Å². The summed E-state index contributed by atoms with van der Waals surface area (Å²) in [4.78, 5) is 24.5. The number of amides is 1. The molecule has 0 bridgehead atoms. The quantitative estimate of drug-likeness (QED) is 0.0320. The van der Waals surface area contributed by atoms with E-state index in [0.29, 0.717) is 25.9 Å². The standard InChI is InChI=1S/C74H145NO5/c1-3-5-7-9-11-13-15-16-40-44-48-52-56-60-64-68-74(79)80-69-65-61-57-53-49-45-42-39-37-35-33-31-29-27-25-23-21-19-17-18-20-22-24-26-28-30-32-34-36-38-41-43-47-51-55-59-63-67-73(78)75-71(70-76)72(77)66-62-58-54-50-46-14-12-10-8-6-4-2/h16,40,71-72,76-77H,3-15,17-39,41-70H2,1-2H3,(H,75,78)/b40-16-. The van der Waals surface area contributed by atoms with E-state index in [-0.39, 0.29) is 18.5 Å². The second-order valence-corrected chi connectivity index (χ2v) is 25.6. The molecule has 0 fully saturated rings. The zero-order valence-corrected chi connectivity index (χ0v) is 54.6. The average Bonchev–Trinajstić information content (AvgIpc) is 3.46. The molecule has 0 heterocycles. The van der Waals surface area contributed by atoms with Crippen LogP contribution in [0.4, 0.5) is 0 Å². The van der Waals surface area contributed by atoms with E-state index in [9.17, 15) is 19.8 Å². The molecule has 1 amide bonds. The molecule has 0 saturated heterocycles. The summed E-state index contributed by atoms with van der Waals surface area (Å²) in [5.74, 6) is -0.0115. The Kier molecular flexibility index (Phi) is 68.9. The molecule has 3 N–H and O–H groups in total. The normalized spacial score (nSPS) is 12.5. The Morgan fingerprint density at radius 3 is 0.887 bits per heavy atom. The first-order chi connectivity index (χ1) is 39.5. The van der Waals surface area contributed by atoms with Crippen LogP contribution in [0.3, 0.4) is 0 Å². The van der Waals surface area contributed by atoms with Crippen molar-refractivity contribution in [2.45, 2.75) is 437 Å². The van der Waals surface area contributed by atoms with Crippen LogP contribution in [0.5, 0.6) is 0 Å². The van der Waals surface area contributed by atoms with E-state index in [4.69, 9.17) is 4.74 Å². The first-order valence-corrected chi connectivity index (χ1v) is 36.9. The molecule has 0 aliphatic heterocycles. The molecule has 6 nitrogen and oxygen atoms in total. The molecule has 0 aromatic rings. The third-order valence-electron chi connectivity index (χ3n) is 17.6. The molecule has 2 unspecified atom stereocenters. The average molecular weight is 1130 g/mol. The van der Waals surface area contributed by atoms with Gasteiger partial charge in [-0.05, 0) is 51.4 Å². The molecule has 0 aliphatic carbocycles. The maximum atomic E-state index is 12.5. The molecule has 0 radical (unpaired) electrons. The van der Waals surface area contributed by atoms with Gasteiger partial charge in [0.1, 0.15) is 0 Å². The van der Waals surface area contributed by atoms with Gasteiger partial charge in [-0.3, -0.25) is 9.59 Å². The Bertz CT molecular complexity index is 1210. The minimum Gasteiger partial charge on any atom is -0.466 e. The van der Waals surface area contributed by atoms with Gasteiger partial charge in [-0.2, -0.15) is 0 Å². The van der Waals surface area contributed by atoms with Crippen molar-refractivity contribution in [3.8, 4) is 0 Å². The Hall–Kier alpha value is -1.40. The van der Waals surface area contributed by atoms with E-state index in [1.807, 2.05) is 0 Å². The molecule has 0 aromatic heterocycles. The minimum absolute atomic E-state index is 0.0162. The molecule has 476 valence electrons. The highest BCUT2D eigenvalue weighted by atomic mass is 16.5. The predicted molar refractivity (Wildman–Crippen MR) is 352 cm³/mol. The van der Waals surface area contributed by atoms with E-state index in [1.54, 1.807) is 0 Å². The third-order valence-corrected chi connectivity index (χ3v) is 17.6. The van der Waals surface area contributed by atoms with Crippen LogP contribution < -0.4 is 5.32 Å². The van der Waals surface area contributed by atoms with Gasteiger partial charge in [0.2, 0.25) is 5.91 Å². The molecule has 0 aliphatic rings. The summed E-state index contributed by atoms with van der Waals surface area (Å²) in [7, 11) is 0. The number of ether oxygens (including phenoxy) is 1. The van der Waals surface area contributed by atoms with Crippen molar-refractivity contribution in [2.75, 3.05) is 13.2 Å². The van der Waals surface area contributed by atoms with Gasteiger partial charge < -0.3 is 20.3 Å². The number of hydrogen-bond donors (Lipinski definition) is 3. The van der Waals surface area contributed by atoms with Crippen molar-refractivity contribution >= 4 is 11.9 Å². The molecule has 0 saturated carbocycles. The lowest BCUT2D eigenvalue weighted by Gasteiger charge is -2.22. The van der Waals surface area contributed by atoms with Crippen LogP contribution >= 0.6 is 0 Å². The number of esters is 1. The molecular weight excluding hydrogens is 983 g/mol. The number of aliphatic hydroxyl groups excluding tert-OH is 2. The molecule has 80 heavy (non-hydrogen) atoms. The zero-order valence-electron chi connectivity index (χ0n) is 54.6. The van der Waals surface area contributed by atoms with Gasteiger partial charge in [0, 0.05) is 12.8 Å². The maximum absolute atomic E-state index is 12.5. The Labute approximate surface area is 501 Å². The Morgan fingerprint density at radius 1 is 0.338 bits per heavy atom. The molecule has 2 atom stereocenters. The summed E-state index contributed by atoms with van der Waals surface area (Å²) in [5, 5.41) is 23.2. The summed E-state index contributed by atoms with van der Waals surface area (Å²) >= 11 is 0. The summed E-state index contributed by atoms with van der Waals surface area (Å²) < 4.78 is 5.50. The monoisotopic (exact) mass is 1130 g/mol. The van der Waals surface area contributed by atoms with Gasteiger partial charge in [-0.25, -0.2) is 0 Å². The topological polar surface area (TPSA) is 95.9 Å². The van der Waals surface area contributed by atoms with Crippen molar-refractivity contribution in [3.05, 3.63) is 12.2 Å². The van der Waals surface area contributed by atoms with E-state index < -0.39 is 12.1 Å². The fourth-order valence-electron chi connectivity index (χ4n) is 11.9. The SMILES string of the molecule is CCCCCCCC/C=C\CCCCCCCC(=O)OCCCCCCCCCCCCCCCCCCCCCCCCCCCCCCCCCCCCCCCC(=O)NC(CO)C(O)CCCCCCCCCCCCC. The highest BCUT2D eigenvalue weighted by Gasteiger charge is 2.20. The van der Waals surface area contributed by atoms with Gasteiger partial charge in [-0.15, -0.1) is 0 Å².